The molecule has 0 aliphatic heterocycles. The number of hydrogen-bond acceptors (Lipinski definition) is 6. The number of ether oxygens (including phenoxy) is 2. The number of alkyl halides is 2. The van der Waals surface area contributed by atoms with Crippen molar-refractivity contribution in [2.45, 2.75) is 25.4 Å². The normalized spacial score (nSPS) is 13.2. The minimum absolute atomic E-state index is 0.00492. The molecule has 1 aromatic rings. The van der Waals surface area contributed by atoms with Gasteiger partial charge in [-0.15, -0.1) is 0 Å². The highest BCUT2D eigenvalue weighted by molar-refractivity contribution is 4.88. The molecule has 0 radical (unpaired) electrons. The summed E-state index contributed by atoms with van der Waals surface area (Å²) >= 11 is 0. The van der Waals surface area contributed by atoms with Gasteiger partial charge in [-0.2, -0.15) is 4.98 Å². The van der Waals surface area contributed by atoms with Crippen LogP contribution in [0.3, 0.4) is 0 Å². The molecule has 18 heavy (non-hydrogen) atoms. The molecule has 1 unspecified atom stereocenters. The van der Waals surface area contributed by atoms with Crippen molar-refractivity contribution in [2.24, 2.45) is 0 Å². The van der Waals surface area contributed by atoms with Gasteiger partial charge in [-0.3, -0.25) is 0 Å². The molecule has 0 amide bonds. The Hall–Kier alpha value is -1.12. The summed E-state index contributed by atoms with van der Waals surface area (Å²) in [5.41, 5.74) is 0. The number of aromatic nitrogens is 2. The van der Waals surface area contributed by atoms with Crippen LogP contribution in [0.2, 0.25) is 0 Å². The smallest absolute Gasteiger partial charge is 0.264 e. The maximum absolute atomic E-state index is 12.1. The largest absolute Gasteiger partial charge is 0.387 e. The Kier molecular flexibility index (Phi) is 6.69. The van der Waals surface area contributed by atoms with Crippen molar-refractivity contribution in [2.75, 3.05) is 26.9 Å². The Bertz CT molecular complexity index is 335. The van der Waals surface area contributed by atoms with Crippen molar-refractivity contribution in [1.82, 2.24) is 10.1 Å². The van der Waals surface area contributed by atoms with Gasteiger partial charge in [0.1, 0.15) is 6.10 Å². The first-order valence-electron chi connectivity index (χ1n) is 5.48. The van der Waals surface area contributed by atoms with Gasteiger partial charge >= 0.3 is 0 Å². The number of methoxy groups -OCH3 is 1. The van der Waals surface area contributed by atoms with Crippen molar-refractivity contribution >= 4 is 0 Å². The number of aliphatic hydroxyl groups is 1. The van der Waals surface area contributed by atoms with Gasteiger partial charge in [-0.05, 0) is 0 Å². The summed E-state index contributed by atoms with van der Waals surface area (Å²) in [6, 6.07) is 0. The molecule has 1 atom stereocenters. The molecular weight excluding hydrogens is 250 g/mol. The first-order valence-corrected chi connectivity index (χ1v) is 5.48. The third-order valence-electron chi connectivity index (χ3n) is 2.09. The van der Waals surface area contributed by atoms with Crippen molar-refractivity contribution < 1.29 is 27.9 Å². The molecule has 104 valence electrons. The summed E-state index contributed by atoms with van der Waals surface area (Å²) < 4.78 is 38.9. The van der Waals surface area contributed by atoms with E-state index in [1.165, 1.54) is 0 Å². The number of hydrogen-bond donors (Lipinski definition) is 1. The second-order valence-corrected chi connectivity index (χ2v) is 3.57. The topological polar surface area (TPSA) is 77.6 Å². The lowest BCUT2D eigenvalue weighted by atomic mass is 10.2. The van der Waals surface area contributed by atoms with Gasteiger partial charge < -0.3 is 19.1 Å². The van der Waals surface area contributed by atoms with Crippen LogP contribution >= 0.6 is 0 Å². The zero-order valence-corrected chi connectivity index (χ0v) is 10.0. The molecule has 1 heterocycles. The van der Waals surface area contributed by atoms with E-state index in [0.717, 1.165) is 0 Å². The Balaban J connectivity index is 2.26. The molecule has 0 aliphatic rings. The molecule has 0 saturated heterocycles. The zero-order valence-electron chi connectivity index (χ0n) is 10.0. The van der Waals surface area contributed by atoms with E-state index in [1.54, 1.807) is 7.11 Å². The van der Waals surface area contributed by atoms with E-state index in [0.29, 0.717) is 32.1 Å². The molecule has 0 bridgehead atoms. The van der Waals surface area contributed by atoms with Crippen LogP contribution in [0.15, 0.2) is 4.52 Å². The minimum atomic E-state index is -2.82. The van der Waals surface area contributed by atoms with E-state index in [2.05, 4.69) is 10.1 Å². The molecule has 0 aliphatic carbocycles. The number of aliphatic hydroxyl groups excluding tert-OH is 1. The maximum Gasteiger partial charge on any atom is 0.264 e. The average Bonchev–Trinajstić information content (AvgIpc) is 2.76. The summed E-state index contributed by atoms with van der Waals surface area (Å²) in [5.74, 6) is 0.360. The highest BCUT2D eigenvalue weighted by Gasteiger charge is 2.20. The van der Waals surface area contributed by atoms with Gasteiger partial charge in [-0.1, -0.05) is 5.16 Å². The molecule has 0 spiro atoms. The summed E-state index contributed by atoms with van der Waals surface area (Å²) in [4.78, 5) is 3.87. The van der Waals surface area contributed by atoms with Gasteiger partial charge in [0.05, 0.1) is 26.2 Å². The van der Waals surface area contributed by atoms with E-state index >= 15 is 0 Å². The summed E-state index contributed by atoms with van der Waals surface area (Å²) in [6.07, 6.45) is -4.54. The lowest BCUT2D eigenvalue weighted by molar-refractivity contribution is -0.00754. The standard InChI is InChI=1S/C10H16F2N2O4/c1-16-4-5-17-3-2-8-13-9(18-14-8)6-7(15)10(11)12/h7,10,15H,2-6H2,1H3. The quantitative estimate of drug-likeness (QED) is 0.654. The van der Waals surface area contributed by atoms with Crippen LogP contribution in [0.5, 0.6) is 0 Å². The fourth-order valence-corrected chi connectivity index (χ4v) is 1.15. The van der Waals surface area contributed by atoms with E-state index < -0.39 is 12.5 Å². The van der Waals surface area contributed by atoms with Crippen LogP contribution in [0.1, 0.15) is 11.7 Å². The van der Waals surface area contributed by atoms with E-state index in [4.69, 9.17) is 19.1 Å². The van der Waals surface area contributed by atoms with Crippen LogP contribution in [0.4, 0.5) is 8.78 Å². The first kappa shape index (κ1) is 14.9. The Labute approximate surface area is 103 Å². The highest BCUT2D eigenvalue weighted by atomic mass is 19.3. The van der Waals surface area contributed by atoms with Crippen molar-refractivity contribution in [3.05, 3.63) is 11.7 Å². The third kappa shape index (κ3) is 5.48. The van der Waals surface area contributed by atoms with Crippen molar-refractivity contribution in [3.63, 3.8) is 0 Å². The summed E-state index contributed by atoms with van der Waals surface area (Å²) in [7, 11) is 1.57. The molecular formula is C10H16F2N2O4. The molecule has 1 rings (SSSR count). The first-order chi connectivity index (χ1) is 8.63. The van der Waals surface area contributed by atoms with Crippen LogP contribution < -0.4 is 0 Å². The maximum atomic E-state index is 12.1. The van der Waals surface area contributed by atoms with Gasteiger partial charge in [0.2, 0.25) is 5.89 Å². The van der Waals surface area contributed by atoms with Gasteiger partial charge in [-0.25, -0.2) is 8.78 Å². The predicted molar refractivity (Wildman–Crippen MR) is 56.4 cm³/mol. The van der Waals surface area contributed by atoms with E-state index in [-0.39, 0.29) is 12.3 Å². The second-order valence-electron chi connectivity index (χ2n) is 3.57. The monoisotopic (exact) mass is 266 g/mol. The summed E-state index contributed by atoms with van der Waals surface area (Å²) in [5, 5.41) is 12.5. The SMILES string of the molecule is COCCOCCc1noc(CC(O)C(F)F)n1. The lowest BCUT2D eigenvalue weighted by Gasteiger charge is -2.04. The summed E-state index contributed by atoms with van der Waals surface area (Å²) in [6.45, 7) is 1.35. The molecule has 0 aromatic carbocycles. The van der Waals surface area contributed by atoms with Crippen LogP contribution in [0, 0.1) is 0 Å². The van der Waals surface area contributed by atoms with Crippen LogP contribution in [-0.2, 0) is 22.3 Å². The van der Waals surface area contributed by atoms with Gasteiger partial charge in [0.15, 0.2) is 5.82 Å². The van der Waals surface area contributed by atoms with Crippen molar-refractivity contribution in [1.29, 1.82) is 0 Å². The van der Waals surface area contributed by atoms with Gasteiger partial charge in [0.25, 0.3) is 6.43 Å². The predicted octanol–water partition coefficient (Wildman–Crippen LogP) is 0.444. The second kappa shape index (κ2) is 8.06. The molecule has 0 fully saturated rings. The molecule has 8 heteroatoms. The van der Waals surface area contributed by atoms with Gasteiger partial charge in [0, 0.05) is 13.5 Å². The molecule has 0 saturated carbocycles. The molecule has 6 nitrogen and oxygen atoms in total. The highest BCUT2D eigenvalue weighted by Crippen LogP contribution is 2.08. The van der Waals surface area contributed by atoms with E-state index in [1.807, 2.05) is 0 Å². The van der Waals surface area contributed by atoms with Crippen LogP contribution in [-0.4, -0.2) is 54.7 Å². The number of halogens is 2. The molecule has 1 aromatic heterocycles. The molecule has 1 N–H and O–H groups in total. The Morgan fingerprint density at radius 2 is 2.11 bits per heavy atom. The third-order valence-corrected chi connectivity index (χ3v) is 2.09. The number of nitrogens with zero attached hydrogens (tertiary/aromatic N) is 2. The zero-order chi connectivity index (χ0) is 13.4. The fraction of sp³-hybridized carbons (Fsp3) is 0.800. The number of rotatable bonds is 9. The lowest BCUT2D eigenvalue weighted by Crippen LogP contribution is -2.20. The van der Waals surface area contributed by atoms with E-state index in [9.17, 15) is 8.78 Å². The fourth-order valence-electron chi connectivity index (χ4n) is 1.15. The average molecular weight is 266 g/mol. The van der Waals surface area contributed by atoms with Crippen LogP contribution in [0.25, 0.3) is 0 Å². The Morgan fingerprint density at radius 3 is 2.78 bits per heavy atom. The minimum Gasteiger partial charge on any atom is -0.387 e. The Morgan fingerprint density at radius 1 is 1.33 bits per heavy atom. The van der Waals surface area contributed by atoms with Crippen molar-refractivity contribution in [3.8, 4) is 0 Å².